The highest BCUT2D eigenvalue weighted by Crippen LogP contribution is 2.36. The number of cyclic esters (lactones) is 1. The summed E-state index contributed by atoms with van der Waals surface area (Å²) in [5, 5.41) is 19.9. The first-order valence-electron chi connectivity index (χ1n) is 7.75. The quantitative estimate of drug-likeness (QED) is 0.528. The van der Waals surface area contributed by atoms with Gasteiger partial charge in [0.15, 0.2) is 6.10 Å². The number of aliphatic hydroxyl groups is 2. The molecule has 0 unspecified atom stereocenters. The van der Waals surface area contributed by atoms with E-state index in [0.717, 1.165) is 12.2 Å². The van der Waals surface area contributed by atoms with Crippen LogP contribution in [0.3, 0.4) is 0 Å². The third-order valence-corrected chi connectivity index (χ3v) is 4.35. The second kappa shape index (κ2) is 7.49. The number of ether oxygens (including phenoxy) is 1. The van der Waals surface area contributed by atoms with Crippen molar-refractivity contribution in [3.63, 3.8) is 0 Å². The molecule has 1 aliphatic heterocycles. The zero-order valence-corrected chi connectivity index (χ0v) is 12.6. The molecule has 2 rings (SSSR count). The molecular formula is C16H21F3O4. The van der Waals surface area contributed by atoms with Gasteiger partial charge in [-0.05, 0) is 50.0 Å². The van der Waals surface area contributed by atoms with Crippen molar-refractivity contribution in [3.05, 3.63) is 24.3 Å². The largest absolute Gasteiger partial charge is 0.450 e. The van der Waals surface area contributed by atoms with E-state index in [1.807, 2.05) is 6.08 Å². The Morgan fingerprint density at radius 2 is 1.91 bits per heavy atom. The van der Waals surface area contributed by atoms with Crippen LogP contribution in [0.25, 0.3) is 0 Å². The molecule has 0 aromatic heterocycles. The minimum Gasteiger partial charge on any atom is -0.450 e. The molecule has 0 amide bonds. The topological polar surface area (TPSA) is 66.8 Å². The van der Waals surface area contributed by atoms with Gasteiger partial charge < -0.3 is 14.9 Å². The van der Waals surface area contributed by atoms with E-state index >= 15 is 0 Å². The molecule has 0 bridgehead atoms. The summed E-state index contributed by atoms with van der Waals surface area (Å²) in [7, 11) is 0. The van der Waals surface area contributed by atoms with Gasteiger partial charge in [-0.3, -0.25) is 0 Å². The molecule has 0 aromatic rings. The van der Waals surface area contributed by atoms with E-state index < -0.39 is 30.5 Å². The predicted octanol–water partition coefficient (Wildman–Crippen LogP) is 2.50. The normalized spacial score (nSPS) is 39.3. The molecule has 23 heavy (non-hydrogen) atoms. The van der Waals surface area contributed by atoms with Gasteiger partial charge in [-0.2, -0.15) is 13.2 Å². The van der Waals surface area contributed by atoms with Crippen LogP contribution in [0.5, 0.6) is 0 Å². The van der Waals surface area contributed by atoms with E-state index in [-0.39, 0.29) is 24.7 Å². The molecule has 1 saturated carbocycles. The van der Waals surface area contributed by atoms with Crippen LogP contribution < -0.4 is 0 Å². The maximum atomic E-state index is 12.8. The summed E-state index contributed by atoms with van der Waals surface area (Å²) in [6.45, 7) is 0. The Balaban J connectivity index is 2.15. The fraction of sp³-hybridized carbons (Fsp3) is 0.688. The third kappa shape index (κ3) is 5.07. The standard InChI is InChI=1S/C16H21F3O4/c17-16(18,19)14-5-3-1-2-4-10-8-11(20)9-12(10)13(21)6-7-15(22)23-14/h2,4,6-7,10-14,20-21H,1,3,5,8-9H2/b4-2+,7-6+/t10-,11+,12-,13-,14+/m1/s1. The van der Waals surface area contributed by atoms with Gasteiger partial charge in [0.25, 0.3) is 0 Å². The number of aliphatic hydroxyl groups excluding tert-OH is 2. The molecule has 4 nitrogen and oxygen atoms in total. The zero-order chi connectivity index (χ0) is 17.0. The smallest absolute Gasteiger partial charge is 0.425 e. The zero-order valence-electron chi connectivity index (χ0n) is 12.6. The van der Waals surface area contributed by atoms with Crippen molar-refractivity contribution in [3.8, 4) is 0 Å². The number of rotatable bonds is 0. The van der Waals surface area contributed by atoms with Gasteiger partial charge >= 0.3 is 12.1 Å². The molecule has 0 radical (unpaired) electrons. The Hall–Kier alpha value is -1.34. The molecule has 0 saturated heterocycles. The second-order valence-electron chi connectivity index (χ2n) is 6.13. The molecule has 1 aliphatic carbocycles. The monoisotopic (exact) mass is 334 g/mol. The minimum absolute atomic E-state index is 0.0557. The SMILES string of the molecule is O=C1/C=C/[C@@H](O)[C@@H]2C[C@@H](O)C[C@H]2/C=C/CCC[C@@H](C(F)(F)F)O1. The third-order valence-electron chi connectivity index (χ3n) is 4.35. The van der Waals surface area contributed by atoms with Gasteiger partial charge in [0, 0.05) is 6.08 Å². The highest BCUT2D eigenvalue weighted by atomic mass is 19.4. The fourth-order valence-corrected chi connectivity index (χ4v) is 3.17. The van der Waals surface area contributed by atoms with Gasteiger partial charge in [-0.25, -0.2) is 4.79 Å². The number of carbonyl (C=O) groups excluding carboxylic acids is 1. The molecule has 1 fully saturated rings. The molecule has 7 heteroatoms. The van der Waals surface area contributed by atoms with Gasteiger partial charge in [0.1, 0.15) is 0 Å². The lowest BCUT2D eigenvalue weighted by molar-refractivity contribution is -0.220. The fourth-order valence-electron chi connectivity index (χ4n) is 3.17. The Morgan fingerprint density at radius 1 is 1.17 bits per heavy atom. The summed E-state index contributed by atoms with van der Waals surface area (Å²) in [6, 6.07) is 0. The second-order valence-corrected chi connectivity index (χ2v) is 6.13. The molecule has 5 atom stereocenters. The Labute approximate surface area is 132 Å². The first-order chi connectivity index (χ1) is 10.8. The van der Waals surface area contributed by atoms with Gasteiger partial charge in [-0.15, -0.1) is 0 Å². The first-order valence-corrected chi connectivity index (χ1v) is 7.75. The molecular weight excluding hydrogens is 313 g/mol. The molecule has 130 valence electrons. The molecule has 0 aromatic carbocycles. The van der Waals surface area contributed by atoms with Crippen LogP contribution in [-0.4, -0.2) is 40.7 Å². The van der Waals surface area contributed by atoms with Crippen LogP contribution in [0.4, 0.5) is 13.2 Å². The molecule has 2 aliphatic rings. The number of alkyl halides is 3. The Bertz CT molecular complexity index is 472. The van der Waals surface area contributed by atoms with Gasteiger partial charge in [-0.1, -0.05) is 12.2 Å². The number of fused-ring (bicyclic) bond motifs is 1. The lowest BCUT2D eigenvalue weighted by Gasteiger charge is -2.20. The summed E-state index contributed by atoms with van der Waals surface area (Å²) in [5.74, 6) is -1.43. The van der Waals surface area contributed by atoms with Crippen molar-refractivity contribution in [1.82, 2.24) is 0 Å². The molecule has 0 spiro atoms. The number of esters is 1. The van der Waals surface area contributed by atoms with E-state index in [1.54, 1.807) is 6.08 Å². The van der Waals surface area contributed by atoms with Gasteiger partial charge in [0.05, 0.1) is 12.2 Å². The number of hydrogen-bond donors (Lipinski definition) is 2. The van der Waals surface area contributed by atoms with Crippen LogP contribution in [0.1, 0.15) is 32.1 Å². The van der Waals surface area contributed by atoms with E-state index in [9.17, 15) is 28.2 Å². The van der Waals surface area contributed by atoms with Crippen molar-refractivity contribution < 1.29 is 32.9 Å². The predicted molar refractivity (Wildman–Crippen MR) is 76.3 cm³/mol. The Kier molecular flexibility index (Phi) is 5.86. The summed E-state index contributed by atoms with van der Waals surface area (Å²) >= 11 is 0. The van der Waals surface area contributed by atoms with Crippen LogP contribution in [-0.2, 0) is 9.53 Å². The van der Waals surface area contributed by atoms with E-state index in [4.69, 9.17) is 0 Å². The van der Waals surface area contributed by atoms with E-state index in [0.29, 0.717) is 19.3 Å². The summed E-state index contributed by atoms with van der Waals surface area (Å²) in [5.41, 5.74) is 0. The van der Waals surface area contributed by atoms with Crippen molar-refractivity contribution in [2.24, 2.45) is 11.8 Å². The summed E-state index contributed by atoms with van der Waals surface area (Å²) < 4.78 is 43.0. The number of allylic oxidation sites excluding steroid dienone is 2. The highest BCUT2D eigenvalue weighted by molar-refractivity contribution is 5.82. The average molecular weight is 334 g/mol. The average Bonchev–Trinajstić information content (AvgIpc) is 2.82. The molecule has 1 heterocycles. The maximum Gasteiger partial charge on any atom is 0.425 e. The van der Waals surface area contributed by atoms with Crippen LogP contribution in [0.15, 0.2) is 24.3 Å². The number of halogens is 3. The molecule has 2 N–H and O–H groups in total. The number of hydrogen-bond acceptors (Lipinski definition) is 4. The van der Waals surface area contributed by atoms with E-state index in [1.165, 1.54) is 0 Å². The summed E-state index contributed by atoms with van der Waals surface area (Å²) in [6.07, 6.45) is -1.40. The lowest BCUT2D eigenvalue weighted by Crippen LogP contribution is -2.33. The number of carbonyl (C=O) groups is 1. The van der Waals surface area contributed by atoms with Crippen molar-refractivity contribution in [2.45, 2.75) is 56.6 Å². The van der Waals surface area contributed by atoms with Crippen LogP contribution >= 0.6 is 0 Å². The van der Waals surface area contributed by atoms with Crippen molar-refractivity contribution >= 4 is 5.97 Å². The highest BCUT2D eigenvalue weighted by Gasteiger charge is 2.42. The van der Waals surface area contributed by atoms with E-state index in [2.05, 4.69) is 4.74 Å². The van der Waals surface area contributed by atoms with Crippen LogP contribution in [0.2, 0.25) is 0 Å². The summed E-state index contributed by atoms with van der Waals surface area (Å²) in [4.78, 5) is 11.6. The lowest BCUT2D eigenvalue weighted by atomic mass is 9.90. The van der Waals surface area contributed by atoms with Crippen LogP contribution in [0, 0.1) is 11.8 Å². The first kappa shape index (κ1) is 18.0. The van der Waals surface area contributed by atoms with Crippen molar-refractivity contribution in [1.29, 1.82) is 0 Å². The van der Waals surface area contributed by atoms with Gasteiger partial charge in [0.2, 0.25) is 0 Å². The maximum absolute atomic E-state index is 12.8. The van der Waals surface area contributed by atoms with Crippen molar-refractivity contribution in [2.75, 3.05) is 0 Å². The minimum atomic E-state index is -4.60. The Morgan fingerprint density at radius 3 is 2.61 bits per heavy atom.